The number of nitrogens with one attached hydrogen (secondary N) is 1. The Labute approximate surface area is 217 Å². The number of hydrogen-bond donors (Lipinski definition) is 1. The quantitative estimate of drug-likeness (QED) is 0.354. The molecule has 1 saturated heterocycles. The highest BCUT2D eigenvalue weighted by atomic mass is 35.5. The molecule has 1 aromatic heterocycles. The Hall–Kier alpha value is -3.38. The number of amides is 1. The lowest BCUT2D eigenvalue weighted by Gasteiger charge is -2.18. The molecule has 4 rings (SSSR count). The molecular formula is C26H21ClN4O2S2. The zero-order valence-corrected chi connectivity index (χ0v) is 21.4. The molecule has 1 N–H and O–H groups in total. The Balaban J connectivity index is 1.73. The molecule has 0 bridgehead atoms. The summed E-state index contributed by atoms with van der Waals surface area (Å²) in [6, 6.07) is 19.1. The van der Waals surface area contributed by atoms with E-state index in [0.29, 0.717) is 37.7 Å². The Bertz CT molecular complexity index is 1460. The van der Waals surface area contributed by atoms with E-state index >= 15 is 0 Å². The van der Waals surface area contributed by atoms with E-state index in [4.69, 9.17) is 23.8 Å². The van der Waals surface area contributed by atoms with Crippen molar-refractivity contribution < 1.29 is 4.79 Å². The van der Waals surface area contributed by atoms with Crippen LogP contribution in [0.15, 0.2) is 64.3 Å². The SMILES string of the molecule is Cc1c(/C=C2/SC(=S)N(Cc3ccccc3Cl)C2=O)c(NCc2ccccc2)n(C)c(=O)c1C#N. The smallest absolute Gasteiger partial charge is 0.270 e. The third-order valence-corrected chi connectivity index (χ3v) is 7.48. The summed E-state index contributed by atoms with van der Waals surface area (Å²) < 4.78 is 1.83. The van der Waals surface area contributed by atoms with Gasteiger partial charge in [-0.2, -0.15) is 5.26 Å². The molecule has 2 heterocycles. The maximum atomic E-state index is 13.3. The van der Waals surface area contributed by atoms with Crippen molar-refractivity contribution in [3.05, 3.63) is 103 Å². The molecule has 0 atom stereocenters. The van der Waals surface area contributed by atoms with Gasteiger partial charge in [-0.1, -0.05) is 84.1 Å². The fourth-order valence-electron chi connectivity index (χ4n) is 3.79. The summed E-state index contributed by atoms with van der Waals surface area (Å²) in [6.07, 6.45) is 1.70. The molecule has 0 spiro atoms. The number of anilines is 1. The van der Waals surface area contributed by atoms with Gasteiger partial charge in [0.25, 0.3) is 11.5 Å². The average molecular weight is 521 g/mol. The van der Waals surface area contributed by atoms with E-state index in [-0.39, 0.29) is 18.0 Å². The Kier molecular flexibility index (Phi) is 7.41. The Morgan fingerprint density at radius 1 is 1.14 bits per heavy atom. The van der Waals surface area contributed by atoms with Crippen molar-refractivity contribution in [3.63, 3.8) is 0 Å². The number of pyridine rings is 1. The van der Waals surface area contributed by atoms with Crippen LogP contribution in [0.4, 0.5) is 5.82 Å². The summed E-state index contributed by atoms with van der Waals surface area (Å²) in [5.41, 5.74) is 2.56. The second-order valence-corrected chi connectivity index (χ2v) is 10.0. The van der Waals surface area contributed by atoms with Crippen LogP contribution in [0.25, 0.3) is 6.08 Å². The molecule has 9 heteroatoms. The molecule has 35 heavy (non-hydrogen) atoms. The number of nitriles is 1. The van der Waals surface area contributed by atoms with Crippen LogP contribution in [-0.2, 0) is 24.9 Å². The van der Waals surface area contributed by atoms with E-state index in [0.717, 1.165) is 11.1 Å². The standard InChI is InChI=1S/C26H21ClN4O2S2/c1-16-19(12-22-25(33)31(26(34)35-22)15-18-10-6-7-11-21(18)27)23(30(2)24(32)20(16)13-28)29-14-17-8-4-3-5-9-17/h3-12,29H,14-15H2,1-2H3/b22-12+. The molecule has 0 aliphatic carbocycles. The summed E-state index contributed by atoms with van der Waals surface area (Å²) in [4.78, 5) is 28.0. The summed E-state index contributed by atoms with van der Waals surface area (Å²) in [7, 11) is 1.61. The predicted octanol–water partition coefficient (Wildman–Crippen LogP) is 5.23. The van der Waals surface area contributed by atoms with Gasteiger partial charge in [0.2, 0.25) is 0 Å². The van der Waals surface area contributed by atoms with Gasteiger partial charge in [0.1, 0.15) is 21.8 Å². The van der Waals surface area contributed by atoms with Crippen molar-refractivity contribution in [2.75, 3.05) is 5.32 Å². The summed E-state index contributed by atoms with van der Waals surface area (Å²) in [5.74, 6) is 0.271. The number of nitrogens with zero attached hydrogens (tertiary/aromatic N) is 3. The minimum absolute atomic E-state index is 0.0376. The lowest BCUT2D eigenvalue weighted by atomic mass is 10.0. The van der Waals surface area contributed by atoms with Crippen molar-refractivity contribution in [2.45, 2.75) is 20.0 Å². The maximum Gasteiger partial charge on any atom is 0.270 e. The minimum Gasteiger partial charge on any atom is -0.367 e. The van der Waals surface area contributed by atoms with E-state index < -0.39 is 5.56 Å². The molecule has 0 saturated carbocycles. The van der Waals surface area contributed by atoms with E-state index in [1.807, 2.05) is 54.6 Å². The second kappa shape index (κ2) is 10.5. The first-order valence-electron chi connectivity index (χ1n) is 10.7. The van der Waals surface area contributed by atoms with Gasteiger partial charge in [-0.3, -0.25) is 19.1 Å². The number of halogens is 1. The monoisotopic (exact) mass is 520 g/mol. The Morgan fingerprint density at radius 2 is 1.83 bits per heavy atom. The fourth-order valence-corrected chi connectivity index (χ4v) is 5.22. The summed E-state index contributed by atoms with van der Waals surface area (Å²) in [6.45, 7) is 2.44. The van der Waals surface area contributed by atoms with E-state index in [2.05, 4.69) is 5.32 Å². The molecule has 176 valence electrons. The molecule has 0 unspecified atom stereocenters. The normalized spacial score (nSPS) is 14.5. The molecule has 6 nitrogen and oxygen atoms in total. The Morgan fingerprint density at radius 3 is 2.51 bits per heavy atom. The molecule has 1 fully saturated rings. The van der Waals surface area contributed by atoms with Gasteiger partial charge in [0.05, 0.1) is 11.4 Å². The second-order valence-electron chi connectivity index (χ2n) is 7.94. The number of hydrogen-bond acceptors (Lipinski definition) is 6. The van der Waals surface area contributed by atoms with Crippen LogP contribution in [0.2, 0.25) is 5.02 Å². The van der Waals surface area contributed by atoms with Crippen LogP contribution in [0.5, 0.6) is 0 Å². The zero-order valence-electron chi connectivity index (χ0n) is 19.0. The van der Waals surface area contributed by atoms with E-state index in [1.165, 1.54) is 21.2 Å². The van der Waals surface area contributed by atoms with Gasteiger partial charge in [-0.05, 0) is 35.8 Å². The lowest BCUT2D eigenvalue weighted by Crippen LogP contribution is -2.27. The first kappa shape index (κ1) is 24.7. The molecule has 3 aromatic rings. The number of benzene rings is 2. The van der Waals surface area contributed by atoms with Gasteiger partial charge < -0.3 is 5.32 Å². The van der Waals surface area contributed by atoms with Crippen LogP contribution in [0.3, 0.4) is 0 Å². The number of thiocarbonyl (C=S) groups is 1. The van der Waals surface area contributed by atoms with Crippen LogP contribution in [0, 0.1) is 18.3 Å². The number of rotatable bonds is 6. The van der Waals surface area contributed by atoms with Crippen LogP contribution in [0.1, 0.15) is 27.8 Å². The number of carbonyl (C=O) groups excluding carboxylic acids is 1. The van der Waals surface area contributed by atoms with E-state index in [1.54, 1.807) is 26.1 Å². The zero-order chi connectivity index (χ0) is 25.1. The summed E-state index contributed by atoms with van der Waals surface area (Å²) >= 11 is 13.0. The number of thioether (sulfide) groups is 1. The molecule has 0 radical (unpaired) electrons. The highest BCUT2D eigenvalue weighted by molar-refractivity contribution is 8.26. The predicted molar refractivity (Wildman–Crippen MR) is 145 cm³/mol. The largest absolute Gasteiger partial charge is 0.367 e. The summed E-state index contributed by atoms with van der Waals surface area (Å²) in [5, 5.41) is 13.5. The van der Waals surface area contributed by atoms with Crippen molar-refractivity contribution in [1.29, 1.82) is 5.26 Å². The third kappa shape index (κ3) is 5.03. The molecular weight excluding hydrogens is 500 g/mol. The first-order valence-corrected chi connectivity index (χ1v) is 12.3. The minimum atomic E-state index is -0.399. The number of carbonyl (C=O) groups is 1. The fraction of sp³-hybridized carbons (Fsp3) is 0.154. The lowest BCUT2D eigenvalue weighted by molar-refractivity contribution is -0.122. The van der Waals surface area contributed by atoms with E-state index in [9.17, 15) is 14.9 Å². The first-order chi connectivity index (χ1) is 16.8. The van der Waals surface area contributed by atoms with Gasteiger partial charge in [0.15, 0.2) is 0 Å². The topological polar surface area (TPSA) is 78.1 Å². The molecule has 1 aliphatic rings. The number of aromatic nitrogens is 1. The third-order valence-electron chi connectivity index (χ3n) is 5.74. The van der Waals surface area contributed by atoms with Crippen molar-refractivity contribution in [3.8, 4) is 6.07 Å². The van der Waals surface area contributed by atoms with Crippen molar-refractivity contribution >= 4 is 57.7 Å². The van der Waals surface area contributed by atoms with Crippen LogP contribution in [-0.4, -0.2) is 19.7 Å². The van der Waals surface area contributed by atoms with Crippen LogP contribution < -0.4 is 10.9 Å². The van der Waals surface area contributed by atoms with Gasteiger partial charge in [0, 0.05) is 24.2 Å². The molecule has 1 amide bonds. The highest BCUT2D eigenvalue weighted by Crippen LogP contribution is 2.36. The molecule has 1 aliphatic heterocycles. The van der Waals surface area contributed by atoms with Gasteiger partial charge >= 0.3 is 0 Å². The van der Waals surface area contributed by atoms with Gasteiger partial charge in [-0.25, -0.2) is 0 Å². The van der Waals surface area contributed by atoms with Gasteiger partial charge in [-0.15, -0.1) is 0 Å². The highest BCUT2D eigenvalue weighted by Gasteiger charge is 2.33. The van der Waals surface area contributed by atoms with Crippen molar-refractivity contribution in [2.24, 2.45) is 7.05 Å². The maximum absolute atomic E-state index is 13.3. The van der Waals surface area contributed by atoms with Crippen molar-refractivity contribution in [1.82, 2.24) is 9.47 Å². The van der Waals surface area contributed by atoms with Crippen LogP contribution >= 0.6 is 35.6 Å². The molecule has 2 aromatic carbocycles. The average Bonchev–Trinajstić information content (AvgIpc) is 3.12.